The fourth-order valence-corrected chi connectivity index (χ4v) is 13.4. The zero-order valence-corrected chi connectivity index (χ0v) is 48.0. The van der Waals surface area contributed by atoms with Crippen LogP contribution in [0.5, 0.6) is 0 Å². The second-order valence-corrected chi connectivity index (χ2v) is 23.0. The zero-order valence-electron chi connectivity index (χ0n) is 48.0. The Morgan fingerprint density at radius 2 is 0.471 bits per heavy atom. The molecule has 412 valence electrons. The van der Waals surface area contributed by atoms with E-state index >= 15 is 0 Å². The van der Waals surface area contributed by atoms with E-state index in [0.29, 0.717) is 26.2 Å². The van der Waals surface area contributed by atoms with Crippen molar-refractivity contribution in [3.63, 3.8) is 0 Å². The fourth-order valence-electron chi connectivity index (χ4n) is 13.4. The van der Waals surface area contributed by atoms with E-state index in [4.69, 9.17) is 0 Å². The summed E-state index contributed by atoms with van der Waals surface area (Å²) < 4.78 is 0. The van der Waals surface area contributed by atoms with E-state index in [-0.39, 0.29) is 0 Å². The van der Waals surface area contributed by atoms with Crippen LogP contribution in [0.15, 0.2) is 326 Å². The van der Waals surface area contributed by atoms with Crippen LogP contribution in [0.2, 0.25) is 0 Å². The van der Waals surface area contributed by atoms with E-state index in [1.165, 1.54) is 112 Å². The van der Waals surface area contributed by atoms with Gasteiger partial charge in [0.25, 0.3) is 0 Å². The first kappa shape index (κ1) is 52.9. The van der Waals surface area contributed by atoms with E-state index in [2.05, 4.69) is 335 Å². The molecule has 0 saturated carbocycles. The molecule has 0 bridgehead atoms. The van der Waals surface area contributed by atoms with Crippen LogP contribution < -0.4 is 9.80 Å². The first-order valence-corrected chi connectivity index (χ1v) is 30.0. The van der Waals surface area contributed by atoms with Gasteiger partial charge in [-0.15, -0.1) is 0 Å². The maximum Gasteiger partial charge on any atom is 0.101 e. The molecule has 0 aromatic heterocycles. The molecule has 4 heteroatoms. The van der Waals surface area contributed by atoms with Gasteiger partial charge in [0.1, 0.15) is 5.41 Å². The lowest BCUT2D eigenvalue weighted by molar-refractivity contribution is 0.229. The number of fused-ring (bicyclic) bond motifs is 8. The summed E-state index contributed by atoms with van der Waals surface area (Å²) in [5, 5.41) is 0. The van der Waals surface area contributed by atoms with Gasteiger partial charge in [0.05, 0.1) is 0 Å². The fraction of sp³-hybridized carbons (Fsp3) is 0.111. The Labute approximate surface area is 501 Å². The van der Waals surface area contributed by atoms with Crippen molar-refractivity contribution in [2.45, 2.75) is 52.4 Å². The molecule has 0 radical (unpaired) electrons. The van der Waals surface area contributed by atoms with Gasteiger partial charge in [0.2, 0.25) is 0 Å². The highest BCUT2D eigenvalue weighted by Crippen LogP contribution is 2.66. The van der Waals surface area contributed by atoms with Crippen molar-refractivity contribution in [2.24, 2.45) is 5.41 Å². The van der Waals surface area contributed by atoms with Crippen LogP contribution >= 0.6 is 0 Å². The van der Waals surface area contributed by atoms with Gasteiger partial charge in [-0.2, -0.15) is 0 Å². The standard InChI is InChI=1S/C81H68N4/c1-9-25-61(26-10-1)53-82(54-62-27-11-2-12-28-62)71-41-43-73-69(49-71)51-77-75(73)45-47-79(84(57-65-33-17-5-18-34-65)58-66-35-19-6-20-36-66)81(77)78-52-70-50-72(83(55-63-29-13-3-14-30-63)56-64-31-15-4-16-32-64)42-44-74(70)76(78)46-48-80(81)85(59-67-37-21-7-22-38-67)60-68-39-23-8-24-40-68/h1-52H,53-60H2. The number of rotatable bonds is 20. The molecule has 10 aromatic rings. The molecule has 10 aromatic carbocycles. The van der Waals surface area contributed by atoms with Gasteiger partial charge < -0.3 is 19.6 Å². The minimum atomic E-state index is -0.804. The van der Waals surface area contributed by atoms with Crippen molar-refractivity contribution >= 4 is 34.7 Å². The van der Waals surface area contributed by atoms with Crippen LogP contribution in [0.1, 0.15) is 66.8 Å². The van der Waals surface area contributed by atoms with Gasteiger partial charge in [-0.05, 0) is 138 Å². The van der Waals surface area contributed by atoms with Crippen LogP contribution in [0, 0.1) is 5.41 Å². The summed E-state index contributed by atoms with van der Waals surface area (Å²) in [6.45, 7) is 6.00. The van der Waals surface area contributed by atoms with Gasteiger partial charge in [0.15, 0.2) is 0 Å². The predicted octanol–water partition coefficient (Wildman–Crippen LogP) is 18.5. The highest BCUT2D eigenvalue weighted by molar-refractivity contribution is 6.07. The summed E-state index contributed by atoms with van der Waals surface area (Å²) >= 11 is 0. The van der Waals surface area contributed by atoms with Crippen LogP contribution in [-0.2, 0) is 52.4 Å². The van der Waals surface area contributed by atoms with Crippen molar-refractivity contribution in [1.29, 1.82) is 0 Å². The number of anilines is 2. The number of benzene rings is 10. The molecule has 0 aliphatic heterocycles. The van der Waals surface area contributed by atoms with Crippen molar-refractivity contribution in [1.82, 2.24) is 9.80 Å². The topological polar surface area (TPSA) is 13.0 Å². The maximum absolute atomic E-state index is 2.70. The number of allylic oxidation sites excluding steroid dienone is 6. The lowest BCUT2D eigenvalue weighted by Gasteiger charge is -2.52. The summed E-state index contributed by atoms with van der Waals surface area (Å²) in [5.74, 6) is 0. The Morgan fingerprint density at radius 3 is 0.718 bits per heavy atom. The summed E-state index contributed by atoms with van der Waals surface area (Å²) in [4.78, 5) is 10.5. The molecule has 1 spiro atoms. The van der Waals surface area contributed by atoms with Crippen LogP contribution in [-0.4, -0.2) is 9.80 Å². The SMILES string of the molecule is C1=C2C(=Cc3cc(N(Cc4ccccc4)Cc4ccccc4)ccc32)C2(C3=Cc4cc(N(Cc5ccccc5)Cc5ccccc5)ccc4C3=CC=C2N(Cc2ccccc2)Cc2ccccc2)C(N(Cc2ccccc2)Cc2ccccc2)=C1. The van der Waals surface area contributed by atoms with Crippen molar-refractivity contribution in [2.75, 3.05) is 9.80 Å². The normalized spacial score (nSPS) is 14.1. The predicted molar refractivity (Wildman–Crippen MR) is 353 cm³/mol. The summed E-state index contributed by atoms with van der Waals surface area (Å²) in [7, 11) is 0. The van der Waals surface area contributed by atoms with Gasteiger partial charge in [-0.25, -0.2) is 0 Å². The number of hydrogen-bond acceptors (Lipinski definition) is 4. The molecular formula is C81H68N4. The molecule has 0 fully saturated rings. The first-order valence-electron chi connectivity index (χ1n) is 30.0. The largest absolute Gasteiger partial charge is 0.365 e. The molecule has 0 heterocycles. The Kier molecular flexibility index (Phi) is 14.9. The number of hydrogen-bond donors (Lipinski definition) is 0. The van der Waals surface area contributed by atoms with Gasteiger partial charge >= 0.3 is 0 Å². The Hall–Kier alpha value is -10.2. The molecule has 0 N–H and O–H groups in total. The lowest BCUT2D eigenvalue weighted by atomic mass is 9.60. The maximum atomic E-state index is 2.70. The summed E-state index contributed by atoms with van der Waals surface area (Å²) in [6.07, 6.45) is 15.1. The number of nitrogens with zero attached hydrogens (tertiary/aromatic N) is 4. The molecule has 0 atom stereocenters. The van der Waals surface area contributed by atoms with Crippen LogP contribution in [0.25, 0.3) is 23.3 Å². The van der Waals surface area contributed by atoms with Gasteiger partial charge in [-0.1, -0.05) is 267 Å². The van der Waals surface area contributed by atoms with Gasteiger partial charge in [0, 0.05) is 75.1 Å². The Balaban J connectivity index is 0.997. The van der Waals surface area contributed by atoms with E-state index < -0.39 is 5.41 Å². The van der Waals surface area contributed by atoms with Crippen molar-refractivity contribution in [3.05, 3.63) is 393 Å². The molecule has 0 saturated heterocycles. The monoisotopic (exact) mass is 1100 g/mol. The van der Waals surface area contributed by atoms with Crippen LogP contribution in [0.3, 0.4) is 0 Å². The average molecular weight is 1100 g/mol. The Bertz CT molecular complexity index is 3710. The molecule has 4 aliphatic carbocycles. The highest BCUT2D eigenvalue weighted by Gasteiger charge is 2.55. The lowest BCUT2D eigenvalue weighted by Crippen LogP contribution is -2.45. The molecule has 4 aliphatic rings. The molecule has 0 unspecified atom stereocenters. The minimum Gasteiger partial charge on any atom is -0.365 e. The third kappa shape index (κ3) is 11.0. The molecule has 85 heavy (non-hydrogen) atoms. The van der Waals surface area contributed by atoms with Gasteiger partial charge in [-0.3, -0.25) is 0 Å². The first-order chi connectivity index (χ1) is 42.1. The van der Waals surface area contributed by atoms with E-state index in [1.807, 2.05) is 0 Å². The third-order valence-electron chi connectivity index (χ3n) is 17.4. The van der Waals surface area contributed by atoms with E-state index in [9.17, 15) is 0 Å². The molecule has 14 rings (SSSR count). The quantitative estimate of drug-likeness (QED) is 0.0754. The Morgan fingerprint density at radius 1 is 0.235 bits per heavy atom. The van der Waals surface area contributed by atoms with E-state index in [0.717, 1.165) is 26.2 Å². The summed E-state index contributed by atoms with van der Waals surface area (Å²) in [5.41, 5.74) is 24.4. The third-order valence-corrected chi connectivity index (χ3v) is 17.4. The van der Waals surface area contributed by atoms with Crippen LogP contribution in [0.4, 0.5) is 11.4 Å². The molecular weight excluding hydrogens is 1030 g/mol. The second-order valence-electron chi connectivity index (χ2n) is 23.0. The second kappa shape index (κ2) is 24.0. The minimum absolute atomic E-state index is 0.715. The van der Waals surface area contributed by atoms with Crippen molar-refractivity contribution in [3.8, 4) is 0 Å². The average Bonchev–Trinajstić information content (AvgIpc) is 1.68. The van der Waals surface area contributed by atoms with E-state index in [1.54, 1.807) is 0 Å². The summed E-state index contributed by atoms with van der Waals surface area (Å²) in [6, 6.07) is 103. The molecule has 0 amide bonds. The smallest absolute Gasteiger partial charge is 0.101 e. The zero-order chi connectivity index (χ0) is 56.8. The molecule has 4 nitrogen and oxygen atoms in total. The van der Waals surface area contributed by atoms with Crippen molar-refractivity contribution < 1.29 is 0 Å². The highest BCUT2D eigenvalue weighted by atomic mass is 15.2.